The fourth-order valence-corrected chi connectivity index (χ4v) is 2.65. The molecule has 6 heteroatoms. The van der Waals surface area contributed by atoms with Gasteiger partial charge in [-0.15, -0.1) is 0 Å². The van der Waals surface area contributed by atoms with Crippen LogP contribution in [0.4, 0.5) is 0 Å². The Hall–Kier alpha value is -0.810. The van der Waals surface area contributed by atoms with Crippen LogP contribution in [0.5, 0.6) is 0 Å². The van der Waals surface area contributed by atoms with Crippen molar-refractivity contribution in [3.63, 3.8) is 0 Å². The molecule has 0 aliphatic carbocycles. The second-order valence-corrected chi connectivity index (χ2v) is 5.82. The Morgan fingerprint density at radius 3 is 2.86 bits per heavy atom. The minimum Gasteiger partial charge on any atom is -0.378 e. The summed E-state index contributed by atoms with van der Waals surface area (Å²) in [5, 5.41) is 6.81. The van der Waals surface area contributed by atoms with Crippen LogP contribution >= 0.6 is 23.2 Å². The van der Waals surface area contributed by atoms with Gasteiger partial charge in [0.05, 0.1) is 21.7 Å². The number of hydrogen-bond acceptors (Lipinski definition) is 3. The second kappa shape index (κ2) is 8.59. The molecule has 1 heterocycles. The Morgan fingerprint density at radius 2 is 2.10 bits per heavy atom. The molecule has 0 saturated carbocycles. The molecule has 1 aliphatic rings. The molecule has 1 aromatic rings. The zero-order chi connectivity index (χ0) is 15.1. The molecule has 1 aromatic carbocycles. The van der Waals surface area contributed by atoms with Gasteiger partial charge < -0.3 is 15.4 Å². The molecular weight excluding hydrogens is 311 g/mol. The molecule has 0 bridgehead atoms. The van der Waals surface area contributed by atoms with E-state index >= 15 is 0 Å². The highest BCUT2D eigenvalue weighted by atomic mass is 35.5. The van der Waals surface area contributed by atoms with Crippen LogP contribution in [0.15, 0.2) is 18.2 Å². The van der Waals surface area contributed by atoms with Crippen LogP contribution < -0.4 is 10.6 Å². The van der Waals surface area contributed by atoms with Crippen molar-refractivity contribution in [2.45, 2.75) is 25.4 Å². The monoisotopic (exact) mass is 330 g/mol. The van der Waals surface area contributed by atoms with E-state index in [1.54, 1.807) is 18.2 Å². The lowest BCUT2D eigenvalue weighted by molar-refractivity contribution is 0.0318. The third-order valence-electron chi connectivity index (χ3n) is 3.44. The average molecular weight is 331 g/mol. The van der Waals surface area contributed by atoms with E-state index < -0.39 is 0 Å². The molecule has 1 aliphatic heterocycles. The maximum atomic E-state index is 12.0. The van der Waals surface area contributed by atoms with E-state index in [0.29, 0.717) is 34.9 Å². The molecule has 1 saturated heterocycles. The van der Waals surface area contributed by atoms with Gasteiger partial charge in [-0.1, -0.05) is 29.3 Å². The van der Waals surface area contributed by atoms with Gasteiger partial charge in [0, 0.05) is 13.2 Å². The van der Waals surface area contributed by atoms with E-state index in [9.17, 15) is 4.79 Å². The van der Waals surface area contributed by atoms with E-state index in [-0.39, 0.29) is 5.91 Å². The number of benzene rings is 1. The maximum absolute atomic E-state index is 12.0. The normalized spacial score (nSPS) is 15.9. The zero-order valence-corrected chi connectivity index (χ0v) is 13.3. The predicted octanol–water partition coefficient (Wildman–Crippen LogP) is 2.88. The number of hydrogen-bond donors (Lipinski definition) is 2. The largest absolute Gasteiger partial charge is 0.378 e. The second-order valence-electron chi connectivity index (χ2n) is 5.03. The summed E-state index contributed by atoms with van der Waals surface area (Å²) in [5.41, 5.74) is 0.406. The van der Waals surface area contributed by atoms with E-state index in [0.717, 1.165) is 32.4 Å². The summed E-state index contributed by atoms with van der Waals surface area (Å²) in [7, 11) is 0. The Kier molecular flexibility index (Phi) is 6.77. The van der Waals surface area contributed by atoms with Gasteiger partial charge in [-0.05, 0) is 44.5 Å². The van der Waals surface area contributed by atoms with Crippen molar-refractivity contribution in [3.8, 4) is 0 Å². The summed E-state index contributed by atoms with van der Waals surface area (Å²) in [4.78, 5) is 12.0. The van der Waals surface area contributed by atoms with Gasteiger partial charge in [0.15, 0.2) is 0 Å². The first-order valence-electron chi connectivity index (χ1n) is 7.23. The highest BCUT2D eigenvalue weighted by molar-refractivity contribution is 6.43. The first-order chi connectivity index (χ1) is 10.2. The Labute approximate surface area is 135 Å². The van der Waals surface area contributed by atoms with Crippen LogP contribution in [0.1, 0.15) is 29.6 Å². The van der Waals surface area contributed by atoms with Crippen LogP contribution in [0.2, 0.25) is 10.0 Å². The van der Waals surface area contributed by atoms with Gasteiger partial charge in [0.2, 0.25) is 0 Å². The predicted molar refractivity (Wildman–Crippen MR) is 85.3 cm³/mol. The number of nitrogens with one attached hydrogen (secondary N) is 2. The van der Waals surface area contributed by atoms with Crippen molar-refractivity contribution in [3.05, 3.63) is 33.8 Å². The van der Waals surface area contributed by atoms with Crippen LogP contribution in [-0.2, 0) is 4.74 Å². The third kappa shape index (κ3) is 5.15. The Bertz CT molecular complexity index is 477. The van der Waals surface area contributed by atoms with Crippen molar-refractivity contribution in [2.24, 2.45) is 0 Å². The molecule has 2 rings (SSSR count). The molecule has 1 fully saturated rings. The number of rotatable bonds is 6. The van der Waals surface area contributed by atoms with E-state index in [1.807, 2.05) is 0 Å². The number of carbonyl (C=O) groups excluding carboxylic acids is 1. The number of amides is 1. The average Bonchev–Trinajstić information content (AvgIpc) is 2.50. The molecule has 0 atom stereocenters. The molecule has 1 amide bonds. The lowest BCUT2D eigenvalue weighted by atomic mass is 10.1. The molecule has 2 N–H and O–H groups in total. The van der Waals surface area contributed by atoms with Crippen molar-refractivity contribution in [2.75, 3.05) is 26.2 Å². The molecular formula is C15H20Cl2N2O2. The van der Waals surface area contributed by atoms with Gasteiger partial charge in [-0.3, -0.25) is 4.79 Å². The fraction of sp³-hybridized carbons (Fsp3) is 0.533. The Balaban J connectivity index is 1.66. The maximum Gasteiger partial charge on any atom is 0.252 e. The summed E-state index contributed by atoms with van der Waals surface area (Å²) in [6.45, 7) is 3.27. The number of ether oxygens (including phenoxy) is 1. The van der Waals surface area contributed by atoms with Crippen molar-refractivity contribution in [1.82, 2.24) is 10.6 Å². The summed E-state index contributed by atoms with van der Waals surface area (Å²) >= 11 is 11.9. The van der Waals surface area contributed by atoms with Crippen molar-refractivity contribution >= 4 is 29.1 Å². The number of piperidine rings is 1. The first-order valence-corrected chi connectivity index (χ1v) is 7.98. The summed E-state index contributed by atoms with van der Waals surface area (Å²) in [6.07, 6.45) is 3.26. The topological polar surface area (TPSA) is 50.4 Å². The van der Waals surface area contributed by atoms with Crippen LogP contribution in [0, 0.1) is 0 Å². The molecule has 0 unspecified atom stereocenters. The highest BCUT2D eigenvalue weighted by Gasteiger charge is 2.14. The summed E-state index contributed by atoms with van der Waals surface area (Å²) < 4.78 is 5.77. The van der Waals surface area contributed by atoms with E-state index in [2.05, 4.69) is 10.6 Å². The highest BCUT2D eigenvalue weighted by Crippen LogP contribution is 2.25. The minimum atomic E-state index is -0.204. The van der Waals surface area contributed by atoms with Crippen LogP contribution in [-0.4, -0.2) is 38.3 Å². The lowest BCUT2D eigenvalue weighted by Crippen LogP contribution is -2.33. The van der Waals surface area contributed by atoms with Crippen molar-refractivity contribution < 1.29 is 9.53 Å². The zero-order valence-electron chi connectivity index (χ0n) is 11.8. The fourth-order valence-electron chi connectivity index (χ4n) is 2.26. The SMILES string of the molecule is O=C(NCCCOC1CCNCC1)c1cccc(Cl)c1Cl. The summed E-state index contributed by atoms with van der Waals surface area (Å²) in [5.74, 6) is -0.204. The quantitative estimate of drug-likeness (QED) is 0.788. The minimum absolute atomic E-state index is 0.204. The molecule has 0 radical (unpaired) electrons. The molecule has 0 spiro atoms. The molecule has 4 nitrogen and oxygen atoms in total. The Morgan fingerprint density at radius 1 is 1.33 bits per heavy atom. The van der Waals surface area contributed by atoms with E-state index in [4.69, 9.17) is 27.9 Å². The standard InChI is InChI=1S/C15H20Cl2N2O2/c16-13-4-1-3-12(14(13)17)15(20)19-7-2-10-21-11-5-8-18-9-6-11/h1,3-4,11,18H,2,5-10H2,(H,19,20). The van der Waals surface area contributed by atoms with Gasteiger partial charge in [0.25, 0.3) is 5.91 Å². The van der Waals surface area contributed by atoms with Crippen LogP contribution in [0.25, 0.3) is 0 Å². The molecule has 21 heavy (non-hydrogen) atoms. The number of halogens is 2. The van der Waals surface area contributed by atoms with Gasteiger partial charge in [-0.2, -0.15) is 0 Å². The molecule has 116 valence electrons. The first kappa shape index (κ1) is 16.6. The lowest BCUT2D eigenvalue weighted by Gasteiger charge is -2.22. The van der Waals surface area contributed by atoms with Crippen molar-refractivity contribution in [1.29, 1.82) is 0 Å². The number of carbonyl (C=O) groups is 1. The summed E-state index contributed by atoms with van der Waals surface area (Å²) in [6, 6.07) is 5.03. The third-order valence-corrected chi connectivity index (χ3v) is 4.26. The van der Waals surface area contributed by atoms with Gasteiger partial charge in [0.1, 0.15) is 0 Å². The van der Waals surface area contributed by atoms with Crippen LogP contribution in [0.3, 0.4) is 0 Å². The smallest absolute Gasteiger partial charge is 0.252 e. The van der Waals surface area contributed by atoms with Gasteiger partial charge >= 0.3 is 0 Å². The van der Waals surface area contributed by atoms with E-state index in [1.165, 1.54) is 0 Å². The molecule has 0 aromatic heterocycles. The van der Waals surface area contributed by atoms with Gasteiger partial charge in [-0.25, -0.2) is 0 Å².